The van der Waals surface area contributed by atoms with Gasteiger partial charge >= 0.3 is 5.97 Å². The first kappa shape index (κ1) is 26.6. The van der Waals surface area contributed by atoms with Crippen LogP contribution >= 0.6 is 0 Å². The molecule has 3 rings (SSSR count). The van der Waals surface area contributed by atoms with Gasteiger partial charge in [0.1, 0.15) is 12.0 Å². The van der Waals surface area contributed by atoms with Crippen molar-refractivity contribution >= 4 is 11.8 Å². The summed E-state index contributed by atoms with van der Waals surface area (Å²) in [5.74, 6) is 1.10. The van der Waals surface area contributed by atoms with Gasteiger partial charge in [-0.2, -0.15) is 0 Å². The lowest BCUT2D eigenvalue weighted by Gasteiger charge is -2.47. The number of ketones is 1. The maximum Gasteiger partial charge on any atom is 0.319 e. The summed E-state index contributed by atoms with van der Waals surface area (Å²) >= 11 is 0. The lowest BCUT2D eigenvalue weighted by atomic mass is 9.74. The van der Waals surface area contributed by atoms with Crippen LogP contribution in [0.15, 0.2) is 0 Å². The van der Waals surface area contributed by atoms with Crippen molar-refractivity contribution in [2.75, 3.05) is 40.9 Å². The molecule has 2 saturated carbocycles. The molecule has 3 aliphatic rings. The number of ether oxygens (including phenoxy) is 2. The molecule has 0 N–H and O–H groups in total. The Bertz CT molecular complexity index is 700. The number of rotatable bonds is 5. The van der Waals surface area contributed by atoms with E-state index in [4.69, 9.17) is 9.47 Å². The van der Waals surface area contributed by atoms with Gasteiger partial charge in [-0.3, -0.25) is 14.5 Å². The van der Waals surface area contributed by atoms with Crippen LogP contribution in [0, 0.1) is 29.1 Å². The highest BCUT2D eigenvalue weighted by Gasteiger charge is 2.45. The summed E-state index contributed by atoms with van der Waals surface area (Å²) in [6, 6.07) is 0.817. The second-order valence-electron chi connectivity index (χ2n) is 12.4. The summed E-state index contributed by atoms with van der Waals surface area (Å²) in [6.45, 7) is 12.2. The number of esters is 1. The summed E-state index contributed by atoms with van der Waals surface area (Å²) in [4.78, 5) is 31.3. The molecule has 3 fully saturated rings. The smallest absolute Gasteiger partial charge is 0.319 e. The largest absolute Gasteiger partial charge is 0.463 e. The Morgan fingerprint density at radius 2 is 1.76 bits per heavy atom. The lowest BCUT2D eigenvalue weighted by molar-refractivity contribution is -0.162. The highest BCUT2D eigenvalue weighted by atomic mass is 16.5. The van der Waals surface area contributed by atoms with E-state index >= 15 is 0 Å². The van der Waals surface area contributed by atoms with Gasteiger partial charge in [-0.05, 0) is 91.1 Å². The van der Waals surface area contributed by atoms with Gasteiger partial charge in [0.2, 0.25) is 0 Å². The molecule has 0 bridgehead atoms. The molecule has 0 amide bonds. The summed E-state index contributed by atoms with van der Waals surface area (Å²) in [5.41, 5.74) is -1.55. The van der Waals surface area contributed by atoms with Crippen LogP contribution in [0.25, 0.3) is 0 Å². The minimum atomic E-state index is -1.15. The predicted octanol–water partition coefficient (Wildman–Crippen LogP) is 4.02. The summed E-state index contributed by atoms with van der Waals surface area (Å²) in [5, 5.41) is 0. The van der Waals surface area contributed by atoms with E-state index in [-0.39, 0.29) is 17.7 Å². The zero-order chi connectivity index (χ0) is 24.6. The number of carbonyl (C=O) groups excluding carboxylic acids is 2. The second kappa shape index (κ2) is 10.3. The van der Waals surface area contributed by atoms with Gasteiger partial charge in [-0.1, -0.05) is 13.8 Å². The highest BCUT2D eigenvalue weighted by molar-refractivity contribution is 6.03. The number of methoxy groups -OCH3 is 1. The molecule has 2 aliphatic carbocycles. The minimum absolute atomic E-state index is 0.0574. The number of cyclic esters (lactones) is 1. The van der Waals surface area contributed by atoms with E-state index < -0.39 is 17.0 Å². The van der Waals surface area contributed by atoms with Crippen LogP contribution in [0.1, 0.15) is 73.1 Å². The van der Waals surface area contributed by atoms with Gasteiger partial charge in [0.15, 0.2) is 5.78 Å². The molecule has 6 heteroatoms. The standard InChI is InChI=1S/C27H48N2O4/c1-18-13-27(5,32-8)14-19(2)24(30)26(3,4)25(31)33-17-23(29(7)15-18)21-11-22(12-21)28(6)16-20-9-10-20/h18-23H,9-17H2,1-8H3/t18-,19-,21?,22?,23+,27-/m1/s1. The summed E-state index contributed by atoms with van der Waals surface area (Å²) in [7, 11) is 6.16. The fourth-order valence-electron chi connectivity index (χ4n) is 6.26. The molecule has 0 unspecified atom stereocenters. The Balaban J connectivity index is 1.75. The fraction of sp³-hybridized carbons (Fsp3) is 0.926. The molecular formula is C27H48N2O4. The molecule has 0 spiro atoms. The van der Waals surface area contributed by atoms with E-state index in [0.717, 1.165) is 31.7 Å². The van der Waals surface area contributed by atoms with Crippen molar-refractivity contribution in [1.82, 2.24) is 9.80 Å². The van der Waals surface area contributed by atoms with Crippen molar-refractivity contribution in [3.8, 4) is 0 Å². The van der Waals surface area contributed by atoms with Crippen LogP contribution in [-0.4, -0.2) is 80.1 Å². The van der Waals surface area contributed by atoms with Crippen LogP contribution < -0.4 is 0 Å². The quantitative estimate of drug-likeness (QED) is 0.452. The fourth-order valence-corrected chi connectivity index (χ4v) is 6.26. The Labute approximate surface area is 201 Å². The molecule has 1 heterocycles. The molecule has 33 heavy (non-hydrogen) atoms. The number of carbonyl (C=O) groups is 2. The van der Waals surface area contributed by atoms with E-state index in [9.17, 15) is 9.59 Å². The Hall–Kier alpha value is -0.980. The maximum atomic E-state index is 13.3. The van der Waals surface area contributed by atoms with Gasteiger partial charge in [0.25, 0.3) is 0 Å². The molecule has 0 radical (unpaired) electrons. The molecule has 0 aromatic heterocycles. The molecule has 1 saturated heterocycles. The molecule has 6 nitrogen and oxygen atoms in total. The van der Waals surface area contributed by atoms with Gasteiger partial charge in [-0.25, -0.2) is 0 Å². The van der Waals surface area contributed by atoms with Crippen LogP contribution in [-0.2, 0) is 19.1 Å². The van der Waals surface area contributed by atoms with E-state index in [1.807, 2.05) is 6.92 Å². The Morgan fingerprint density at radius 1 is 1.12 bits per heavy atom. The third kappa shape index (κ3) is 6.37. The van der Waals surface area contributed by atoms with E-state index in [1.54, 1.807) is 21.0 Å². The van der Waals surface area contributed by atoms with Crippen LogP contribution in [0.5, 0.6) is 0 Å². The van der Waals surface area contributed by atoms with E-state index in [2.05, 4.69) is 37.7 Å². The molecule has 4 atom stereocenters. The van der Waals surface area contributed by atoms with Crippen molar-refractivity contribution in [3.63, 3.8) is 0 Å². The van der Waals surface area contributed by atoms with Crippen molar-refractivity contribution in [2.24, 2.45) is 29.1 Å². The SMILES string of the molecule is CO[C@]1(C)C[C@@H](C)CN(C)[C@H](C2CC(N(C)CC3CC3)C2)COC(=O)C(C)(C)C(=O)[C@H](C)C1. The molecular weight excluding hydrogens is 416 g/mol. The maximum absolute atomic E-state index is 13.3. The Morgan fingerprint density at radius 3 is 2.33 bits per heavy atom. The molecule has 1 aliphatic heterocycles. The van der Waals surface area contributed by atoms with Gasteiger partial charge in [0, 0.05) is 38.2 Å². The molecule has 190 valence electrons. The van der Waals surface area contributed by atoms with E-state index in [0.29, 0.717) is 30.9 Å². The first-order valence-electron chi connectivity index (χ1n) is 13.0. The zero-order valence-electron chi connectivity index (χ0n) is 22.4. The predicted molar refractivity (Wildman–Crippen MR) is 131 cm³/mol. The summed E-state index contributed by atoms with van der Waals surface area (Å²) in [6.07, 6.45) is 6.55. The highest BCUT2D eigenvalue weighted by Crippen LogP contribution is 2.39. The van der Waals surface area contributed by atoms with Crippen LogP contribution in [0.3, 0.4) is 0 Å². The third-order valence-electron chi connectivity index (χ3n) is 8.70. The number of likely N-dealkylation sites (N-methyl/N-ethyl adjacent to an activating group) is 1. The van der Waals surface area contributed by atoms with Crippen molar-refractivity contribution in [1.29, 1.82) is 0 Å². The normalized spacial score (nSPS) is 39.2. The van der Waals surface area contributed by atoms with Crippen LogP contribution in [0.2, 0.25) is 0 Å². The average Bonchev–Trinajstić information content (AvgIpc) is 3.50. The average molecular weight is 465 g/mol. The Kier molecular flexibility index (Phi) is 8.33. The van der Waals surface area contributed by atoms with Crippen LogP contribution in [0.4, 0.5) is 0 Å². The number of hydrogen-bond donors (Lipinski definition) is 0. The van der Waals surface area contributed by atoms with Crippen molar-refractivity contribution in [3.05, 3.63) is 0 Å². The first-order chi connectivity index (χ1) is 15.4. The summed E-state index contributed by atoms with van der Waals surface area (Å²) < 4.78 is 11.8. The number of nitrogens with zero attached hydrogens (tertiary/aromatic N) is 2. The number of Topliss-reactive ketones (excluding diaryl/α,β-unsaturated/α-hetero) is 1. The minimum Gasteiger partial charge on any atom is -0.463 e. The molecule has 0 aromatic rings. The zero-order valence-corrected chi connectivity index (χ0v) is 22.4. The van der Waals surface area contributed by atoms with Gasteiger partial charge in [0.05, 0.1) is 5.60 Å². The van der Waals surface area contributed by atoms with Gasteiger partial charge in [-0.15, -0.1) is 0 Å². The van der Waals surface area contributed by atoms with Crippen molar-refractivity contribution < 1.29 is 19.1 Å². The van der Waals surface area contributed by atoms with Gasteiger partial charge < -0.3 is 14.4 Å². The third-order valence-corrected chi connectivity index (χ3v) is 8.70. The number of hydrogen-bond acceptors (Lipinski definition) is 6. The van der Waals surface area contributed by atoms with Crippen molar-refractivity contribution in [2.45, 2.75) is 90.8 Å². The van der Waals surface area contributed by atoms with E-state index in [1.165, 1.54) is 19.4 Å². The second-order valence-corrected chi connectivity index (χ2v) is 12.4. The molecule has 0 aromatic carbocycles. The first-order valence-corrected chi connectivity index (χ1v) is 13.0. The topological polar surface area (TPSA) is 59.1 Å². The lowest BCUT2D eigenvalue weighted by Crippen LogP contribution is -2.54. The monoisotopic (exact) mass is 464 g/mol.